The predicted octanol–water partition coefficient (Wildman–Crippen LogP) is 1.44. The lowest BCUT2D eigenvalue weighted by molar-refractivity contribution is 0.210. The molecular formula is C14H22N2O3S. The molecule has 1 saturated heterocycles. The summed E-state index contributed by atoms with van der Waals surface area (Å²) in [6, 6.07) is 6.73. The van der Waals surface area contributed by atoms with Crippen molar-refractivity contribution in [2.45, 2.75) is 30.7 Å². The van der Waals surface area contributed by atoms with Crippen LogP contribution in [0, 0.1) is 5.92 Å². The van der Waals surface area contributed by atoms with Crippen molar-refractivity contribution in [3.8, 4) is 5.75 Å². The fraction of sp³-hybridized carbons (Fsp3) is 0.571. The summed E-state index contributed by atoms with van der Waals surface area (Å²) in [6.45, 7) is 2.95. The summed E-state index contributed by atoms with van der Waals surface area (Å²) in [5, 5.41) is 0. The molecule has 1 aromatic carbocycles. The van der Waals surface area contributed by atoms with Crippen LogP contribution in [0.5, 0.6) is 5.75 Å². The number of piperidine rings is 1. The zero-order valence-electron chi connectivity index (χ0n) is 12.0. The number of benzene rings is 1. The lowest BCUT2D eigenvalue weighted by Gasteiger charge is -2.36. The minimum atomic E-state index is -3.54. The van der Waals surface area contributed by atoms with Crippen LogP contribution in [0.2, 0.25) is 0 Å². The van der Waals surface area contributed by atoms with Crippen molar-refractivity contribution >= 4 is 10.0 Å². The second kappa shape index (κ2) is 6.11. The van der Waals surface area contributed by atoms with Crippen molar-refractivity contribution in [1.82, 2.24) is 4.31 Å². The third-order valence-corrected chi connectivity index (χ3v) is 5.93. The molecule has 5 nitrogen and oxygen atoms in total. The van der Waals surface area contributed by atoms with Crippen molar-refractivity contribution in [1.29, 1.82) is 0 Å². The average Bonchev–Trinajstić information content (AvgIpc) is 2.47. The second-order valence-corrected chi connectivity index (χ2v) is 7.11. The molecule has 0 aromatic heterocycles. The highest BCUT2D eigenvalue weighted by atomic mass is 32.2. The molecule has 1 heterocycles. The van der Waals surface area contributed by atoms with Crippen LogP contribution in [0.25, 0.3) is 0 Å². The van der Waals surface area contributed by atoms with Crippen LogP contribution >= 0.6 is 0 Å². The number of rotatable bonds is 4. The van der Waals surface area contributed by atoms with Crippen molar-refractivity contribution < 1.29 is 13.2 Å². The van der Waals surface area contributed by atoms with E-state index in [1.807, 2.05) is 6.92 Å². The molecule has 0 saturated carbocycles. The largest absolute Gasteiger partial charge is 0.495 e. The van der Waals surface area contributed by atoms with Gasteiger partial charge in [0, 0.05) is 12.6 Å². The number of hydrogen-bond acceptors (Lipinski definition) is 4. The zero-order chi connectivity index (χ0) is 14.8. The zero-order valence-corrected chi connectivity index (χ0v) is 12.8. The topological polar surface area (TPSA) is 72.6 Å². The monoisotopic (exact) mass is 298 g/mol. The minimum Gasteiger partial charge on any atom is -0.495 e. The Hall–Kier alpha value is -1.11. The van der Waals surface area contributed by atoms with Crippen LogP contribution in [-0.4, -0.2) is 39.0 Å². The molecule has 1 aromatic rings. The number of nitrogens with two attached hydrogens (primary N) is 1. The number of ether oxygens (including phenoxy) is 1. The first-order chi connectivity index (χ1) is 9.50. The minimum absolute atomic E-state index is 0.00675. The Labute approximate surface area is 120 Å². The van der Waals surface area contributed by atoms with Gasteiger partial charge < -0.3 is 10.5 Å². The highest BCUT2D eigenvalue weighted by Gasteiger charge is 2.35. The molecular weight excluding hydrogens is 276 g/mol. The van der Waals surface area contributed by atoms with Crippen molar-refractivity contribution in [3.05, 3.63) is 24.3 Å². The van der Waals surface area contributed by atoms with E-state index in [4.69, 9.17) is 10.5 Å². The lowest BCUT2D eigenvalue weighted by Crippen LogP contribution is -2.47. The van der Waals surface area contributed by atoms with E-state index < -0.39 is 10.0 Å². The highest BCUT2D eigenvalue weighted by Crippen LogP contribution is 2.31. The Bertz CT molecular complexity index is 559. The summed E-state index contributed by atoms with van der Waals surface area (Å²) in [6.07, 6.45) is 1.83. The number of para-hydroxylation sites is 1. The van der Waals surface area contributed by atoms with Crippen molar-refractivity contribution in [2.75, 3.05) is 20.2 Å². The maximum absolute atomic E-state index is 12.8. The van der Waals surface area contributed by atoms with Gasteiger partial charge in [-0.25, -0.2) is 8.42 Å². The van der Waals surface area contributed by atoms with E-state index in [1.165, 1.54) is 7.11 Å². The van der Waals surface area contributed by atoms with Gasteiger partial charge in [0.2, 0.25) is 10.0 Å². The Morgan fingerprint density at radius 3 is 2.70 bits per heavy atom. The van der Waals surface area contributed by atoms with Gasteiger partial charge in [0.05, 0.1) is 7.11 Å². The lowest BCUT2D eigenvalue weighted by atomic mass is 9.96. The fourth-order valence-electron chi connectivity index (χ4n) is 2.63. The van der Waals surface area contributed by atoms with Gasteiger partial charge in [-0.1, -0.05) is 12.1 Å². The fourth-order valence-corrected chi connectivity index (χ4v) is 4.53. The molecule has 0 aliphatic carbocycles. The smallest absolute Gasteiger partial charge is 0.247 e. The summed E-state index contributed by atoms with van der Waals surface area (Å²) in [4.78, 5) is 0.229. The molecule has 6 heteroatoms. The Morgan fingerprint density at radius 1 is 1.35 bits per heavy atom. The summed E-state index contributed by atoms with van der Waals surface area (Å²) in [7, 11) is -2.06. The van der Waals surface area contributed by atoms with E-state index in [2.05, 4.69) is 0 Å². The van der Waals surface area contributed by atoms with Crippen LogP contribution in [0.4, 0.5) is 0 Å². The molecule has 1 aliphatic rings. The Kier molecular flexibility index (Phi) is 4.67. The van der Waals surface area contributed by atoms with Gasteiger partial charge in [-0.15, -0.1) is 0 Å². The maximum Gasteiger partial charge on any atom is 0.247 e. The van der Waals surface area contributed by atoms with Gasteiger partial charge in [-0.3, -0.25) is 0 Å². The van der Waals surface area contributed by atoms with E-state index in [-0.39, 0.29) is 16.9 Å². The summed E-state index contributed by atoms with van der Waals surface area (Å²) in [5.41, 5.74) is 5.70. The molecule has 0 spiro atoms. The van der Waals surface area contributed by atoms with E-state index >= 15 is 0 Å². The maximum atomic E-state index is 12.8. The van der Waals surface area contributed by atoms with Gasteiger partial charge in [-0.05, 0) is 44.4 Å². The third kappa shape index (κ3) is 2.82. The van der Waals surface area contributed by atoms with Crippen LogP contribution in [-0.2, 0) is 10.0 Å². The summed E-state index contributed by atoms with van der Waals surface area (Å²) < 4.78 is 32.4. The number of hydrogen-bond donors (Lipinski definition) is 1. The van der Waals surface area contributed by atoms with Crippen LogP contribution < -0.4 is 10.5 Å². The SMILES string of the molecule is COc1ccccc1S(=O)(=O)N1CC(CN)CCC1C. The molecule has 2 N–H and O–H groups in total. The first-order valence-corrected chi connectivity index (χ1v) is 8.29. The molecule has 1 aliphatic heterocycles. The first-order valence-electron chi connectivity index (χ1n) is 6.85. The first kappa shape index (κ1) is 15.3. The van der Waals surface area contributed by atoms with Crippen molar-refractivity contribution in [3.63, 3.8) is 0 Å². The van der Waals surface area contributed by atoms with Gasteiger partial charge >= 0.3 is 0 Å². The molecule has 20 heavy (non-hydrogen) atoms. The molecule has 2 atom stereocenters. The van der Waals surface area contributed by atoms with Crippen LogP contribution in [0.3, 0.4) is 0 Å². The standard InChI is InChI=1S/C14H22N2O3S/c1-11-7-8-12(9-15)10-16(11)20(17,18)14-6-4-3-5-13(14)19-2/h3-6,11-12H,7-10,15H2,1-2H3. The van der Waals surface area contributed by atoms with E-state index in [1.54, 1.807) is 28.6 Å². The van der Waals surface area contributed by atoms with Crippen molar-refractivity contribution in [2.24, 2.45) is 11.7 Å². The molecule has 0 bridgehead atoms. The normalized spacial score (nSPS) is 24.6. The van der Waals surface area contributed by atoms with Gasteiger partial charge in [0.15, 0.2) is 0 Å². The van der Waals surface area contributed by atoms with Gasteiger partial charge in [0.25, 0.3) is 0 Å². The predicted molar refractivity (Wildman–Crippen MR) is 78.1 cm³/mol. The second-order valence-electron chi connectivity index (χ2n) is 5.25. The summed E-state index contributed by atoms with van der Waals surface area (Å²) in [5.74, 6) is 0.616. The molecule has 2 unspecified atom stereocenters. The summed E-state index contributed by atoms with van der Waals surface area (Å²) >= 11 is 0. The Balaban J connectivity index is 2.38. The third-order valence-electron chi connectivity index (χ3n) is 3.91. The number of nitrogens with zero attached hydrogens (tertiary/aromatic N) is 1. The molecule has 1 fully saturated rings. The number of sulfonamides is 1. The quantitative estimate of drug-likeness (QED) is 0.913. The van der Waals surface area contributed by atoms with Gasteiger partial charge in [0.1, 0.15) is 10.6 Å². The van der Waals surface area contributed by atoms with Crippen LogP contribution in [0.15, 0.2) is 29.2 Å². The Morgan fingerprint density at radius 2 is 2.05 bits per heavy atom. The average molecular weight is 298 g/mol. The molecule has 0 radical (unpaired) electrons. The molecule has 0 amide bonds. The van der Waals surface area contributed by atoms with E-state index in [0.29, 0.717) is 18.8 Å². The molecule has 112 valence electrons. The molecule has 2 rings (SSSR count). The van der Waals surface area contributed by atoms with E-state index in [0.717, 1.165) is 12.8 Å². The highest BCUT2D eigenvalue weighted by molar-refractivity contribution is 7.89. The number of methoxy groups -OCH3 is 1. The van der Waals surface area contributed by atoms with Crippen LogP contribution in [0.1, 0.15) is 19.8 Å². The van der Waals surface area contributed by atoms with Gasteiger partial charge in [-0.2, -0.15) is 4.31 Å². The van der Waals surface area contributed by atoms with E-state index in [9.17, 15) is 8.42 Å².